The van der Waals surface area contributed by atoms with Crippen molar-refractivity contribution in [3.63, 3.8) is 0 Å². The van der Waals surface area contributed by atoms with E-state index in [4.69, 9.17) is 8.85 Å². The molecule has 0 spiro atoms. The van der Waals surface area contributed by atoms with E-state index in [9.17, 15) is 9.59 Å². The second-order valence-corrected chi connectivity index (χ2v) is 7.67. The van der Waals surface area contributed by atoms with Crippen LogP contribution in [-0.4, -0.2) is 46.0 Å². The van der Waals surface area contributed by atoms with E-state index in [0.29, 0.717) is 19.4 Å². The number of hydrogen-bond acceptors (Lipinski definition) is 4. The van der Waals surface area contributed by atoms with Crippen molar-refractivity contribution in [2.45, 2.75) is 31.9 Å². The Kier molecular flexibility index (Phi) is 4.64. The quantitative estimate of drug-likeness (QED) is 0.515. The van der Waals surface area contributed by atoms with E-state index in [-0.39, 0.29) is 11.8 Å². The van der Waals surface area contributed by atoms with Crippen LogP contribution in [0.3, 0.4) is 0 Å². The maximum absolute atomic E-state index is 11.3. The Bertz CT molecular complexity index is 262. The largest absolute Gasteiger partial charge is 0.398 e. The van der Waals surface area contributed by atoms with Crippen molar-refractivity contribution in [2.75, 3.05) is 20.8 Å². The maximum Gasteiger partial charge on any atom is 0.334 e. The lowest BCUT2D eigenvalue weighted by atomic mass is 10.4. The number of imide groups is 1. The molecule has 16 heavy (non-hydrogen) atoms. The van der Waals surface area contributed by atoms with Gasteiger partial charge < -0.3 is 8.85 Å². The average molecular weight is 245 g/mol. The molecule has 6 heteroatoms. The standard InChI is InChI=1S/C10H19NO4Si/c1-14-16(3,15-2)8-4-7-11-9(12)5-6-10(11)13/h4-8H2,1-3H3. The predicted molar refractivity (Wildman–Crippen MR) is 61.0 cm³/mol. The van der Waals surface area contributed by atoms with E-state index in [1.165, 1.54) is 4.90 Å². The van der Waals surface area contributed by atoms with Gasteiger partial charge in [-0.3, -0.25) is 14.5 Å². The minimum absolute atomic E-state index is 0.0526. The van der Waals surface area contributed by atoms with Crippen LogP contribution >= 0.6 is 0 Å². The fourth-order valence-corrected chi connectivity index (χ4v) is 3.09. The number of amides is 2. The molecular formula is C10H19NO4Si. The van der Waals surface area contributed by atoms with Crippen molar-refractivity contribution in [3.8, 4) is 0 Å². The molecule has 0 aromatic carbocycles. The van der Waals surface area contributed by atoms with Crippen LogP contribution in [0.15, 0.2) is 0 Å². The summed E-state index contributed by atoms with van der Waals surface area (Å²) in [6, 6.07) is 0.789. The van der Waals surface area contributed by atoms with Gasteiger partial charge in [0.05, 0.1) is 0 Å². The maximum atomic E-state index is 11.3. The first kappa shape index (κ1) is 13.3. The molecule has 0 radical (unpaired) electrons. The van der Waals surface area contributed by atoms with E-state index < -0.39 is 8.56 Å². The van der Waals surface area contributed by atoms with Crippen LogP contribution in [0.5, 0.6) is 0 Å². The fourth-order valence-electron chi connectivity index (χ4n) is 1.72. The molecule has 0 aromatic heterocycles. The van der Waals surface area contributed by atoms with E-state index >= 15 is 0 Å². The zero-order chi connectivity index (χ0) is 12.2. The topological polar surface area (TPSA) is 55.8 Å². The van der Waals surface area contributed by atoms with Crippen LogP contribution in [0.4, 0.5) is 0 Å². The van der Waals surface area contributed by atoms with Gasteiger partial charge in [-0.2, -0.15) is 0 Å². The van der Waals surface area contributed by atoms with Crippen LogP contribution in [0.2, 0.25) is 12.6 Å². The minimum Gasteiger partial charge on any atom is -0.398 e. The first-order valence-corrected chi connectivity index (χ1v) is 7.98. The summed E-state index contributed by atoms with van der Waals surface area (Å²) in [5.41, 5.74) is 0. The molecule has 1 saturated heterocycles. The monoisotopic (exact) mass is 245 g/mol. The molecule has 0 bridgehead atoms. The molecule has 1 rings (SSSR count). The third kappa shape index (κ3) is 3.13. The van der Waals surface area contributed by atoms with Gasteiger partial charge in [0.1, 0.15) is 0 Å². The summed E-state index contributed by atoms with van der Waals surface area (Å²) >= 11 is 0. The Balaban J connectivity index is 2.35. The number of hydrogen-bond donors (Lipinski definition) is 0. The molecule has 0 N–H and O–H groups in total. The summed E-state index contributed by atoms with van der Waals surface area (Å²) in [5, 5.41) is 0. The highest BCUT2D eigenvalue weighted by molar-refractivity contribution is 6.65. The molecule has 1 fully saturated rings. The normalized spacial score (nSPS) is 17.3. The Morgan fingerprint density at radius 2 is 1.69 bits per heavy atom. The summed E-state index contributed by atoms with van der Waals surface area (Å²) in [4.78, 5) is 24.0. The molecule has 0 aromatic rings. The summed E-state index contributed by atoms with van der Waals surface area (Å²) in [5.74, 6) is -0.105. The third-order valence-corrected chi connectivity index (χ3v) is 6.02. The molecule has 1 aliphatic rings. The van der Waals surface area contributed by atoms with Crippen molar-refractivity contribution in [2.24, 2.45) is 0 Å². The molecule has 0 atom stereocenters. The Morgan fingerprint density at radius 1 is 1.19 bits per heavy atom. The van der Waals surface area contributed by atoms with Gasteiger partial charge in [-0.15, -0.1) is 0 Å². The fraction of sp³-hybridized carbons (Fsp3) is 0.800. The Hall–Kier alpha value is -0.723. The highest BCUT2D eigenvalue weighted by Gasteiger charge is 2.31. The van der Waals surface area contributed by atoms with Crippen molar-refractivity contribution in [1.82, 2.24) is 4.90 Å². The second kappa shape index (κ2) is 5.56. The summed E-state index contributed by atoms with van der Waals surface area (Å²) in [7, 11) is 1.22. The van der Waals surface area contributed by atoms with Gasteiger partial charge in [0.2, 0.25) is 11.8 Å². The summed E-state index contributed by atoms with van der Waals surface area (Å²) < 4.78 is 10.7. The molecule has 0 aliphatic carbocycles. The van der Waals surface area contributed by atoms with Gasteiger partial charge >= 0.3 is 8.56 Å². The number of carbonyl (C=O) groups excluding carboxylic acids is 2. The zero-order valence-electron chi connectivity index (χ0n) is 10.1. The smallest absolute Gasteiger partial charge is 0.334 e. The first-order valence-electron chi connectivity index (χ1n) is 5.46. The number of carbonyl (C=O) groups is 2. The third-order valence-electron chi connectivity index (χ3n) is 3.03. The van der Waals surface area contributed by atoms with E-state index in [1.54, 1.807) is 14.2 Å². The molecule has 1 aliphatic heterocycles. The molecule has 2 amide bonds. The minimum atomic E-state index is -2.06. The highest BCUT2D eigenvalue weighted by atomic mass is 28.4. The number of likely N-dealkylation sites (tertiary alicyclic amines) is 1. The van der Waals surface area contributed by atoms with Crippen molar-refractivity contribution < 1.29 is 18.4 Å². The van der Waals surface area contributed by atoms with Gasteiger partial charge in [0.15, 0.2) is 0 Å². The van der Waals surface area contributed by atoms with Crippen LogP contribution in [-0.2, 0) is 18.4 Å². The van der Waals surface area contributed by atoms with E-state index in [2.05, 4.69) is 0 Å². The SMILES string of the molecule is CO[Si](C)(CCCN1C(=O)CCC1=O)OC. The van der Waals surface area contributed by atoms with E-state index in [1.807, 2.05) is 6.55 Å². The first-order chi connectivity index (χ1) is 7.52. The van der Waals surface area contributed by atoms with Gasteiger partial charge in [-0.1, -0.05) is 0 Å². The molecule has 0 unspecified atom stereocenters. The lowest BCUT2D eigenvalue weighted by molar-refractivity contribution is -0.138. The van der Waals surface area contributed by atoms with Gasteiger partial charge in [-0.05, 0) is 19.0 Å². The number of rotatable bonds is 6. The van der Waals surface area contributed by atoms with Gasteiger partial charge in [0, 0.05) is 33.6 Å². The lowest BCUT2D eigenvalue weighted by Gasteiger charge is -2.23. The highest BCUT2D eigenvalue weighted by Crippen LogP contribution is 2.17. The van der Waals surface area contributed by atoms with Crippen LogP contribution in [0, 0.1) is 0 Å². The van der Waals surface area contributed by atoms with Crippen LogP contribution < -0.4 is 0 Å². The van der Waals surface area contributed by atoms with Crippen LogP contribution in [0.1, 0.15) is 19.3 Å². The van der Waals surface area contributed by atoms with Crippen molar-refractivity contribution in [3.05, 3.63) is 0 Å². The lowest BCUT2D eigenvalue weighted by Crippen LogP contribution is -2.38. The van der Waals surface area contributed by atoms with E-state index in [0.717, 1.165) is 12.5 Å². The second-order valence-electron chi connectivity index (χ2n) is 4.08. The summed E-state index contributed by atoms with van der Waals surface area (Å²) in [6.45, 7) is 2.47. The zero-order valence-corrected chi connectivity index (χ0v) is 11.1. The summed E-state index contributed by atoms with van der Waals surface area (Å²) in [6.07, 6.45) is 1.48. The average Bonchev–Trinajstić information content (AvgIpc) is 2.60. The molecule has 1 heterocycles. The molecule has 5 nitrogen and oxygen atoms in total. The molecular weight excluding hydrogens is 226 g/mol. The number of nitrogens with zero attached hydrogens (tertiary/aromatic N) is 1. The molecule has 92 valence electrons. The van der Waals surface area contributed by atoms with Crippen LogP contribution in [0.25, 0.3) is 0 Å². The van der Waals surface area contributed by atoms with Gasteiger partial charge in [-0.25, -0.2) is 0 Å². The predicted octanol–water partition coefficient (Wildman–Crippen LogP) is 0.890. The Labute approximate surface area is 97.0 Å². The Morgan fingerprint density at radius 3 is 2.12 bits per heavy atom. The van der Waals surface area contributed by atoms with Gasteiger partial charge in [0.25, 0.3) is 0 Å². The van der Waals surface area contributed by atoms with Crippen molar-refractivity contribution in [1.29, 1.82) is 0 Å². The van der Waals surface area contributed by atoms with Crippen molar-refractivity contribution >= 4 is 20.4 Å². The molecule has 0 saturated carbocycles.